The number of nitrogens with two attached hydrogens (primary N) is 1. The van der Waals surface area contributed by atoms with Crippen molar-refractivity contribution in [2.24, 2.45) is 0 Å². The molecule has 0 fully saturated rings. The van der Waals surface area contributed by atoms with Crippen molar-refractivity contribution in [3.8, 4) is 0 Å². The van der Waals surface area contributed by atoms with Crippen LogP contribution in [0.1, 0.15) is 13.3 Å². The summed E-state index contributed by atoms with van der Waals surface area (Å²) in [4.78, 5) is 4.25. The lowest BCUT2D eigenvalue weighted by Crippen LogP contribution is -2.23. The highest BCUT2D eigenvalue weighted by molar-refractivity contribution is 5.96. The number of pyridine rings is 1. The van der Waals surface area contributed by atoms with Gasteiger partial charge in [0.15, 0.2) is 0 Å². The summed E-state index contributed by atoms with van der Waals surface area (Å²) in [5, 5.41) is 13.3. The van der Waals surface area contributed by atoms with Gasteiger partial charge < -0.3 is 16.2 Å². The van der Waals surface area contributed by atoms with Crippen LogP contribution in [0.2, 0.25) is 0 Å². The van der Waals surface area contributed by atoms with Gasteiger partial charge in [0.05, 0.1) is 23.5 Å². The molecular formula is C13H17N3O. The van der Waals surface area contributed by atoms with Gasteiger partial charge in [0.25, 0.3) is 0 Å². The van der Waals surface area contributed by atoms with E-state index in [1.807, 2.05) is 31.2 Å². The van der Waals surface area contributed by atoms with Crippen LogP contribution in [0.4, 0.5) is 11.4 Å². The van der Waals surface area contributed by atoms with Crippen LogP contribution >= 0.6 is 0 Å². The van der Waals surface area contributed by atoms with E-state index < -0.39 is 0 Å². The van der Waals surface area contributed by atoms with Gasteiger partial charge in [-0.25, -0.2) is 0 Å². The maximum atomic E-state index is 9.18. The Morgan fingerprint density at radius 3 is 2.94 bits per heavy atom. The monoisotopic (exact) mass is 231 g/mol. The number of aliphatic hydroxyl groups excluding tert-OH is 1. The molecule has 0 spiro atoms. The lowest BCUT2D eigenvalue weighted by molar-refractivity contribution is 0.272. The highest BCUT2D eigenvalue weighted by Crippen LogP contribution is 2.27. The third-order valence-corrected chi connectivity index (χ3v) is 2.90. The second-order valence-corrected chi connectivity index (χ2v) is 4.03. The van der Waals surface area contributed by atoms with E-state index in [4.69, 9.17) is 5.73 Å². The number of aliphatic hydroxyl groups is 1. The number of benzene rings is 1. The maximum absolute atomic E-state index is 9.18. The van der Waals surface area contributed by atoms with Gasteiger partial charge in [0, 0.05) is 17.6 Å². The zero-order valence-corrected chi connectivity index (χ0v) is 9.85. The molecule has 4 N–H and O–H groups in total. The number of nitrogen functional groups attached to an aromatic ring is 1. The number of anilines is 2. The summed E-state index contributed by atoms with van der Waals surface area (Å²) < 4.78 is 0. The van der Waals surface area contributed by atoms with Crippen LogP contribution in [0.15, 0.2) is 30.5 Å². The molecule has 0 bridgehead atoms. The smallest absolute Gasteiger partial charge is 0.0724 e. The molecule has 1 unspecified atom stereocenters. The standard InChI is InChI=1S/C13H17N3O/c1-2-9(8-17)16-12-6-5-11-10(13(12)14)4-3-7-15-11/h3-7,9,16-17H,2,8,14H2,1H3. The third kappa shape index (κ3) is 2.31. The van der Waals surface area contributed by atoms with E-state index >= 15 is 0 Å². The molecular weight excluding hydrogens is 214 g/mol. The number of aromatic nitrogens is 1. The summed E-state index contributed by atoms with van der Waals surface area (Å²) in [6, 6.07) is 7.68. The lowest BCUT2D eigenvalue weighted by Gasteiger charge is -2.17. The second-order valence-electron chi connectivity index (χ2n) is 4.03. The van der Waals surface area contributed by atoms with E-state index in [1.165, 1.54) is 0 Å². The molecule has 0 saturated heterocycles. The number of nitrogens with zero attached hydrogens (tertiary/aromatic N) is 1. The minimum absolute atomic E-state index is 0.0337. The molecule has 1 heterocycles. The Kier molecular flexibility index (Phi) is 3.44. The number of nitrogens with one attached hydrogen (secondary N) is 1. The van der Waals surface area contributed by atoms with Crippen LogP contribution in [-0.2, 0) is 0 Å². The topological polar surface area (TPSA) is 71.2 Å². The van der Waals surface area contributed by atoms with Crippen LogP contribution in [0, 0.1) is 0 Å². The fourth-order valence-corrected chi connectivity index (χ4v) is 1.80. The summed E-state index contributed by atoms with van der Waals surface area (Å²) in [5.74, 6) is 0. The average Bonchev–Trinajstić information content (AvgIpc) is 2.38. The van der Waals surface area contributed by atoms with Crippen LogP contribution in [-0.4, -0.2) is 22.7 Å². The Labute approximate surface area is 100 Å². The molecule has 0 radical (unpaired) electrons. The molecule has 1 aromatic carbocycles. The first kappa shape index (κ1) is 11.7. The van der Waals surface area contributed by atoms with Crippen molar-refractivity contribution in [2.75, 3.05) is 17.7 Å². The average molecular weight is 231 g/mol. The first-order valence-electron chi connectivity index (χ1n) is 5.77. The fraction of sp³-hybridized carbons (Fsp3) is 0.308. The van der Waals surface area contributed by atoms with Crippen molar-refractivity contribution >= 4 is 22.3 Å². The van der Waals surface area contributed by atoms with Crippen LogP contribution in [0.5, 0.6) is 0 Å². The summed E-state index contributed by atoms with van der Waals surface area (Å²) in [5.41, 5.74) is 8.51. The van der Waals surface area contributed by atoms with Gasteiger partial charge in [0.2, 0.25) is 0 Å². The van der Waals surface area contributed by atoms with E-state index in [1.54, 1.807) is 6.20 Å². The normalized spacial score (nSPS) is 12.6. The van der Waals surface area contributed by atoms with Crippen molar-refractivity contribution in [1.29, 1.82) is 0 Å². The van der Waals surface area contributed by atoms with Crippen LogP contribution in [0.3, 0.4) is 0 Å². The SMILES string of the molecule is CCC(CO)Nc1ccc2ncccc2c1N. The van der Waals surface area contributed by atoms with Crippen LogP contribution < -0.4 is 11.1 Å². The number of rotatable bonds is 4. The summed E-state index contributed by atoms with van der Waals surface area (Å²) >= 11 is 0. The van der Waals surface area contributed by atoms with Gasteiger partial charge >= 0.3 is 0 Å². The van der Waals surface area contributed by atoms with Gasteiger partial charge in [-0.1, -0.05) is 6.92 Å². The molecule has 0 aliphatic rings. The Bertz CT molecular complexity index is 509. The molecule has 2 rings (SSSR count). The Hall–Kier alpha value is -1.81. The molecule has 4 nitrogen and oxygen atoms in total. The Morgan fingerprint density at radius 2 is 2.24 bits per heavy atom. The first-order valence-corrected chi connectivity index (χ1v) is 5.77. The van der Waals surface area contributed by atoms with Gasteiger partial charge in [-0.3, -0.25) is 4.98 Å². The quantitative estimate of drug-likeness (QED) is 0.704. The Morgan fingerprint density at radius 1 is 1.41 bits per heavy atom. The Balaban J connectivity index is 2.38. The van der Waals surface area contributed by atoms with Gasteiger partial charge in [-0.05, 0) is 30.7 Å². The fourth-order valence-electron chi connectivity index (χ4n) is 1.80. The summed E-state index contributed by atoms with van der Waals surface area (Å²) in [6.07, 6.45) is 2.60. The number of hydrogen-bond acceptors (Lipinski definition) is 4. The molecule has 4 heteroatoms. The van der Waals surface area contributed by atoms with Crippen molar-refractivity contribution in [3.05, 3.63) is 30.5 Å². The van der Waals surface area contributed by atoms with E-state index in [0.29, 0.717) is 5.69 Å². The minimum atomic E-state index is 0.0337. The molecule has 1 aromatic heterocycles. The number of hydrogen-bond donors (Lipinski definition) is 3. The molecule has 0 saturated carbocycles. The van der Waals surface area contributed by atoms with Gasteiger partial charge in [0.1, 0.15) is 0 Å². The van der Waals surface area contributed by atoms with Crippen molar-refractivity contribution < 1.29 is 5.11 Å². The van der Waals surface area contributed by atoms with E-state index in [0.717, 1.165) is 23.0 Å². The molecule has 0 amide bonds. The minimum Gasteiger partial charge on any atom is -0.397 e. The third-order valence-electron chi connectivity index (χ3n) is 2.90. The van der Waals surface area contributed by atoms with Crippen LogP contribution in [0.25, 0.3) is 10.9 Å². The molecule has 0 aliphatic heterocycles. The maximum Gasteiger partial charge on any atom is 0.0724 e. The van der Waals surface area contributed by atoms with Gasteiger partial charge in [-0.2, -0.15) is 0 Å². The van der Waals surface area contributed by atoms with E-state index in [9.17, 15) is 5.11 Å². The van der Waals surface area contributed by atoms with E-state index in [2.05, 4.69) is 10.3 Å². The summed E-state index contributed by atoms with van der Waals surface area (Å²) in [6.45, 7) is 2.12. The summed E-state index contributed by atoms with van der Waals surface area (Å²) in [7, 11) is 0. The molecule has 0 aliphatic carbocycles. The van der Waals surface area contributed by atoms with Gasteiger partial charge in [-0.15, -0.1) is 0 Å². The first-order chi connectivity index (χ1) is 8.26. The molecule has 2 aromatic rings. The largest absolute Gasteiger partial charge is 0.397 e. The molecule has 90 valence electrons. The van der Waals surface area contributed by atoms with E-state index in [-0.39, 0.29) is 12.6 Å². The lowest BCUT2D eigenvalue weighted by atomic mass is 10.1. The van der Waals surface area contributed by atoms with Crippen molar-refractivity contribution in [1.82, 2.24) is 4.98 Å². The predicted octanol–water partition coefficient (Wildman–Crippen LogP) is 2.00. The highest BCUT2D eigenvalue weighted by atomic mass is 16.3. The molecule has 17 heavy (non-hydrogen) atoms. The van der Waals surface area contributed by atoms with Crippen molar-refractivity contribution in [2.45, 2.75) is 19.4 Å². The highest BCUT2D eigenvalue weighted by Gasteiger charge is 2.09. The zero-order chi connectivity index (χ0) is 12.3. The molecule has 1 atom stereocenters. The number of fused-ring (bicyclic) bond motifs is 1. The zero-order valence-electron chi connectivity index (χ0n) is 9.85. The predicted molar refractivity (Wildman–Crippen MR) is 70.9 cm³/mol. The van der Waals surface area contributed by atoms with Crippen molar-refractivity contribution in [3.63, 3.8) is 0 Å². The second kappa shape index (κ2) is 5.01.